The molecule has 3 heterocycles. The molecule has 4 heteroatoms. The summed E-state index contributed by atoms with van der Waals surface area (Å²) < 4.78 is 13.0. The van der Waals surface area contributed by atoms with E-state index in [1.807, 2.05) is 30.6 Å². The van der Waals surface area contributed by atoms with Crippen molar-refractivity contribution in [3.63, 3.8) is 0 Å². The molecule has 0 N–H and O–H groups in total. The first-order valence-electron chi connectivity index (χ1n) is 8.34. The Morgan fingerprint density at radius 3 is 2.04 bits per heavy atom. The summed E-state index contributed by atoms with van der Waals surface area (Å²) in [5, 5.41) is 0. The standard InChI is InChI=1S/C19H22FN3/c20-19-5-3-15(4-6-19)9-22-11-17-13-23(14-18(17)12-22)10-16-2-1-7-21-8-16/h1-8,17-18H,9-14H2. The van der Waals surface area contributed by atoms with Crippen LogP contribution in [0.25, 0.3) is 0 Å². The van der Waals surface area contributed by atoms with Crippen molar-refractivity contribution in [3.05, 3.63) is 65.7 Å². The second-order valence-electron chi connectivity index (χ2n) is 6.90. The second kappa shape index (κ2) is 6.38. The summed E-state index contributed by atoms with van der Waals surface area (Å²) in [4.78, 5) is 9.28. The summed E-state index contributed by atoms with van der Waals surface area (Å²) in [6.45, 7) is 6.63. The van der Waals surface area contributed by atoms with Gasteiger partial charge in [-0.25, -0.2) is 4.39 Å². The van der Waals surface area contributed by atoms with E-state index >= 15 is 0 Å². The Labute approximate surface area is 136 Å². The minimum atomic E-state index is -0.155. The van der Waals surface area contributed by atoms with Gasteiger partial charge in [0, 0.05) is 51.7 Å². The van der Waals surface area contributed by atoms with E-state index in [1.165, 1.54) is 24.2 Å². The first-order chi connectivity index (χ1) is 11.3. The molecule has 0 radical (unpaired) electrons. The van der Waals surface area contributed by atoms with E-state index in [2.05, 4.69) is 20.9 Å². The number of hydrogen-bond acceptors (Lipinski definition) is 3. The Bertz CT molecular complexity index is 629. The maximum Gasteiger partial charge on any atom is 0.123 e. The molecule has 0 spiro atoms. The van der Waals surface area contributed by atoms with Gasteiger partial charge in [0.1, 0.15) is 5.82 Å². The van der Waals surface area contributed by atoms with Crippen molar-refractivity contribution < 1.29 is 4.39 Å². The van der Waals surface area contributed by atoms with E-state index in [9.17, 15) is 4.39 Å². The smallest absolute Gasteiger partial charge is 0.123 e. The largest absolute Gasteiger partial charge is 0.298 e. The second-order valence-corrected chi connectivity index (χ2v) is 6.90. The molecular formula is C19H22FN3. The highest BCUT2D eigenvalue weighted by Gasteiger charge is 2.39. The van der Waals surface area contributed by atoms with Crippen molar-refractivity contribution in [3.8, 4) is 0 Å². The molecule has 2 aromatic rings. The summed E-state index contributed by atoms with van der Waals surface area (Å²) in [7, 11) is 0. The summed E-state index contributed by atoms with van der Waals surface area (Å²) in [6, 6.07) is 11.1. The Morgan fingerprint density at radius 2 is 1.48 bits per heavy atom. The number of hydrogen-bond donors (Lipinski definition) is 0. The molecule has 23 heavy (non-hydrogen) atoms. The zero-order valence-corrected chi connectivity index (χ0v) is 13.2. The molecule has 120 valence electrons. The van der Waals surface area contributed by atoms with Crippen LogP contribution in [0.1, 0.15) is 11.1 Å². The van der Waals surface area contributed by atoms with E-state index < -0.39 is 0 Å². The fourth-order valence-electron chi connectivity index (χ4n) is 4.04. The zero-order chi connectivity index (χ0) is 15.6. The molecule has 0 aliphatic carbocycles. The van der Waals surface area contributed by atoms with Crippen molar-refractivity contribution in [2.24, 2.45) is 11.8 Å². The first kappa shape index (κ1) is 14.8. The number of likely N-dealkylation sites (tertiary alicyclic amines) is 2. The molecule has 4 rings (SSSR count). The zero-order valence-electron chi connectivity index (χ0n) is 13.2. The third-order valence-corrected chi connectivity index (χ3v) is 5.09. The predicted octanol–water partition coefficient (Wildman–Crippen LogP) is 2.78. The van der Waals surface area contributed by atoms with Crippen molar-refractivity contribution >= 4 is 0 Å². The highest BCUT2D eigenvalue weighted by molar-refractivity contribution is 5.16. The third-order valence-electron chi connectivity index (χ3n) is 5.09. The van der Waals surface area contributed by atoms with Crippen LogP contribution in [0.2, 0.25) is 0 Å². The number of fused-ring (bicyclic) bond motifs is 1. The molecule has 2 fully saturated rings. The SMILES string of the molecule is Fc1ccc(CN2CC3CN(Cc4cccnc4)CC3C2)cc1. The number of halogens is 1. The Morgan fingerprint density at radius 1 is 0.870 bits per heavy atom. The van der Waals surface area contributed by atoms with E-state index in [1.54, 1.807) is 12.1 Å². The quantitative estimate of drug-likeness (QED) is 0.865. The van der Waals surface area contributed by atoms with Gasteiger partial charge in [-0.1, -0.05) is 18.2 Å². The van der Waals surface area contributed by atoms with Crippen LogP contribution in [0, 0.1) is 17.7 Å². The number of benzene rings is 1. The highest BCUT2D eigenvalue weighted by Crippen LogP contribution is 2.32. The molecular weight excluding hydrogens is 289 g/mol. The van der Waals surface area contributed by atoms with Gasteiger partial charge in [0.25, 0.3) is 0 Å². The molecule has 2 saturated heterocycles. The van der Waals surface area contributed by atoms with Crippen LogP contribution in [-0.2, 0) is 13.1 Å². The average molecular weight is 311 g/mol. The van der Waals surface area contributed by atoms with Gasteiger partial charge in [0.2, 0.25) is 0 Å². The highest BCUT2D eigenvalue weighted by atomic mass is 19.1. The third kappa shape index (κ3) is 3.43. The number of rotatable bonds is 4. The Kier molecular flexibility index (Phi) is 4.10. The number of nitrogens with zero attached hydrogens (tertiary/aromatic N) is 3. The van der Waals surface area contributed by atoms with E-state index in [0.717, 1.165) is 38.0 Å². The summed E-state index contributed by atoms with van der Waals surface area (Å²) in [5.41, 5.74) is 2.51. The van der Waals surface area contributed by atoms with E-state index in [-0.39, 0.29) is 5.82 Å². The molecule has 1 aromatic heterocycles. The molecule has 2 aliphatic rings. The van der Waals surface area contributed by atoms with Crippen molar-refractivity contribution in [1.29, 1.82) is 0 Å². The maximum absolute atomic E-state index is 13.0. The molecule has 3 nitrogen and oxygen atoms in total. The van der Waals surface area contributed by atoms with Crippen LogP contribution >= 0.6 is 0 Å². The number of aromatic nitrogens is 1. The lowest BCUT2D eigenvalue weighted by Gasteiger charge is -2.21. The van der Waals surface area contributed by atoms with Crippen molar-refractivity contribution in [2.45, 2.75) is 13.1 Å². The van der Waals surface area contributed by atoms with Crippen LogP contribution in [0.15, 0.2) is 48.8 Å². The van der Waals surface area contributed by atoms with Gasteiger partial charge in [-0.2, -0.15) is 0 Å². The van der Waals surface area contributed by atoms with Crippen LogP contribution in [0.4, 0.5) is 4.39 Å². The minimum Gasteiger partial charge on any atom is -0.298 e. The molecule has 2 unspecified atom stereocenters. The minimum absolute atomic E-state index is 0.155. The lowest BCUT2D eigenvalue weighted by molar-refractivity contribution is 0.246. The monoisotopic (exact) mass is 311 g/mol. The molecule has 2 aliphatic heterocycles. The molecule has 1 aromatic carbocycles. The molecule has 2 atom stereocenters. The van der Waals surface area contributed by atoms with E-state index in [4.69, 9.17) is 0 Å². The molecule has 0 saturated carbocycles. The molecule has 0 amide bonds. The Balaban J connectivity index is 1.30. The van der Waals surface area contributed by atoms with Gasteiger partial charge >= 0.3 is 0 Å². The van der Waals surface area contributed by atoms with Crippen molar-refractivity contribution in [1.82, 2.24) is 14.8 Å². The van der Waals surface area contributed by atoms with Gasteiger partial charge in [0.15, 0.2) is 0 Å². The lowest BCUT2D eigenvalue weighted by atomic mass is 10.0. The normalized spacial score (nSPS) is 24.9. The first-order valence-corrected chi connectivity index (χ1v) is 8.34. The van der Waals surface area contributed by atoms with Gasteiger partial charge < -0.3 is 0 Å². The summed E-state index contributed by atoms with van der Waals surface area (Å²) in [6.07, 6.45) is 3.80. The number of pyridine rings is 1. The van der Waals surface area contributed by atoms with Gasteiger partial charge in [-0.05, 0) is 41.2 Å². The summed E-state index contributed by atoms with van der Waals surface area (Å²) in [5.74, 6) is 1.39. The van der Waals surface area contributed by atoms with Crippen LogP contribution < -0.4 is 0 Å². The lowest BCUT2D eigenvalue weighted by Crippen LogP contribution is -2.28. The topological polar surface area (TPSA) is 19.4 Å². The van der Waals surface area contributed by atoms with Crippen LogP contribution in [-0.4, -0.2) is 41.0 Å². The van der Waals surface area contributed by atoms with Gasteiger partial charge in [-0.15, -0.1) is 0 Å². The van der Waals surface area contributed by atoms with Crippen LogP contribution in [0.5, 0.6) is 0 Å². The predicted molar refractivity (Wildman–Crippen MR) is 88.2 cm³/mol. The summed E-state index contributed by atoms with van der Waals surface area (Å²) >= 11 is 0. The van der Waals surface area contributed by atoms with Crippen LogP contribution in [0.3, 0.4) is 0 Å². The van der Waals surface area contributed by atoms with Gasteiger partial charge in [0.05, 0.1) is 0 Å². The maximum atomic E-state index is 13.0. The molecule has 0 bridgehead atoms. The Hall–Kier alpha value is -1.78. The fraction of sp³-hybridized carbons (Fsp3) is 0.421. The van der Waals surface area contributed by atoms with E-state index in [0.29, 0.717) is 0 Å². The van der Waals surface area contributed by atoms with Gasteiger partial charge in [-0.3, -0.25) is 14.8 Å². The van der Waals surface area contributed by atoms with Crippen molar-refractivity contribution in [2.75, 3.05) is 26.2 Å². The average Bonchev–Trinajstić information content (AvgIpc) is 3.08. The fourth-order valence-corrected chi connectivity index (χ4v) is 4.04.